The molecule has 1 aromatic carbocycles. The summed E-state index contributed by atoms with van der Waals surface area (Å²) < 4.78 is 0. The van der Waals surface area contributed by atoms with E-state index in [4.69, 9.17) is 0 Å². The van der Waals surface area contributed by atoms with E-state index in [9.17, 15) is 4.79 Å². The van der Waals surface area contributed by atoms with Crippen LogP contribution in [0.1, 0.15) is 29.3 Å². The highest BCUT2D eigenvalue weighted by Gasteiger charge is 2.16. The Bertz CT molecular complexity index is 782. The molecule has 0 spiro atoms. The lowest BCUT2D eigenvalue weighted by molar-refractivity contribution is 0.102. The summed E-state index contributed by atoms with van der Waals surface area (Å²) in [5.41, 5.74) is 2.63. The molecule has 0 aliphatic carbocycles. The molecule has 5 nitrogen and oxygen atoms in total. The van der Waals surface area contributed by atoms with Crippen molar-refractivity contribution in [3.8, 4) is 0 Å². The van der Waals surface area contributed by atoms with Gasteiger partial charge < -0.3 is 10.2 Å². The first-order chi connectivity index (χ1) is 11.8. The van der Waals surface area contributed by atoms with E-state index in [0.717, 1.165) is 18.5 Å². The fraction of sp³-hybridized carbons (Fsp3) is 0.211. The topological polar surface area (TPSA) is 57.6 Å². The summed E-state index contributed by atoms with van der Waals surface area (Å²) >= 11 is 0. The number of aromatic nitrogens is 1. The number of nitrogens with one attached hydrogen (secondary N) is 1. The lowest BCUT2D eigenvalue weighted by Gasteiger charge is -2.22. The average molecular weight is 320 g/mol. The lowest BCUT2D eigenvalue weighted by Crippen LogP contribution is -2.24. The van der Waals surface area contributed by atoms with Crippen LogP contribution in [0.25, 0.3) is 0 Å². The van der Waals surface area contributed by atoms with Crippen molar-refractivity contribution in [2.75, 3.05) is 16.8 Å². The summed E-state index contributed by atoms with van der Waals surface area (Å²) in [5.74, 6) is 0.416. The van der Waals surface area contributed by atoms with Gasteiger partial charge in [0.2, 0.25) is 0 Å². The molecule has 1 amide bonds. The molecule has 1 aliphatic rings. The highest BCUT2D eigenvalue weighted by atomic mass is 16.1. The molecule has 2 aromatic rings. The van der Waals surface area contributed by atoms with Crippen LogP contribution in [0, 0.1) is 0 Å². The first-order valence-corrected chi connectivity index (χ1v) is 8.08. The van der Waals surface area contributed by atoms with Gasteiger partial charge in [-0.15, -0.1) is 0 Å². The minimum absolute atomic E-state index is 0.164. The molecule has 122 valence electrons. The number of carbonyl (C=O) groups is 1. The highest BCUT2D eigenvalue weighted by molar-refractivity contribution is 6.08. The SMILES string of the molecule is CCCc1ccnc(NC(=O)c2ccccc2N2C=CN=CC2)c1. The molecule has 5 heteroatoms. The van der Waals surface area contributed by atoms with E-state index in [1.54, 1.807) is 12.4 Å². The van der Waals surface area contributed by atoms with Gasteiger partial charge in [-0.25, -0.2) is 4.98 Å². The monoisotopic (exact) mass is 320 g/mol. The zero-order chi connectivity index (χ0) is 16.8. The number of nitrogens with zero attached hydrogens (tertiary/aromatic N) is 3. The van der Waals surface area contributed by atoms with Gasteiger partial charge in [-0.2, -0.15) is 0 Å². The maximum absolute atomic E-state index is 12.7. The minimum Gasteiger partial charge on any atom is -0.340 e. The predicted molar refractivity (Wildman–Crippen MR) is 97.6 cm³/mol. The minimum atomic E-state index is -0.164. The van der Waals surface area contributed by atoms with Crippen LogP contribution in [0.3, 0.4) is 0 Å². The van der Waals surface area contributed by atoms with Gasteiger partial charge in [-0.3, -0.25) is 9.79 Å². The Labute approximate surface area is 141 Å². The Kier molecular flexibility index (Phi) is 5.01. The lowest BCUT2D eigenvalue weighted by atomic mass is 10.1. The van der Waals surface area contributed by atoms with Crippen LogP contribution in [0.15, 0.2) is 60.0 Å². The van der Waals surface area contributed by atoms with Crippen molar-refractivity contribution in [3.63, 3.8) is 0 Å². The average Bonchev–Trinajstić information content (AvgIpc) is 2.63. The second kappa shape index (κ2) is 7.55. The molecule has 3 rings (SSSR count). The third-order valence-electron chi connectivity index (χ3n) is 3.78. The van der Waals surface area contributed by atoms with E-state index in [2.05, 4.69) is 22.2 Å². The van der Waals surface area contributed by atoms with E-state index in [0.29, 0.717) is 17.9 Å². The van der Waals surface area contributed by atoms with Crippen LogP contribution in [0.2, 0.25) is 0 Å². The molecule has 24 heavy (non-hydrogen) atoms. The van der Waals surface area contributed by atoms with Crippen LogP contribution < -0.4 is 10.2 Å². The smallest absolute Gasteiger partial charge is 0.258 e. The van der Waals surface area contributed by atoms with Gasteiger partial charge in [-0.1, -0.05) is 25.5 Å². The second-order valence-corrected chi connectivity index (χ2v) is 5.55. The Balaban J connectivity index is 1.81. The number of rotatable bonds is 5. The number of amides is 1. The van der Waals surface area contributed by atoms with Crippen LogP contribution in [0.5, 0.6) is 0 Å². The standard InChI is InChI=1S/C19H20N4O/c1-2-5-15-8-9-21-18(14-15)22-19(24)16-6-3-4-7-17(16)23-12-10-20-11-13-23/h3-4,6-12,14H,2,5,13H2,1H3,(H,21,22,24). The Morgan fingerprint density at radius 2 is 2.17 bits per heavy atom. The maximum Gasteiger partial charge on any atom is 0.258 e. The fourth-order valence-corrected chi connectivity index (χ4v) is 2.64. The number of benzene rings is 1. The Morgan fingerprint density at radius 3 is 2.96 bits per heavy atom. The van der Waals surface area contributed by atoms with Crippen molar-refractivity contribution in [2.24, 2.45) is 4.99 Å². The summed E-state index contributed by atoms with van der Waals surface area (Å²) in [5, 5.41) is 2.90. The van der Waals surface area contributed by atoms with Crippen LogP contribution in [-0.2, 0) is 6.42 Å². The molecule has 1 N–H and O–H groups in total. The van der Waals surface area contributed by atoms with Crippen LogP contribution in [0.4, 0.5) is 11.5 Å². The third-order valence-corrected chi connectivity index (χ3v) is 3.78. The van der Waals surface area contributed by atoms with E-state index < -0.39 is 0 Å². The molecule has 0 atom stereocenters. The summed E-state index contributed by atoms with van der Waals surface area (Å²) in [6.07, 6.45) is 9.16. The first-order valence-electron chi connectivity index (χ1n) is 8.08. The summed E-state index contributed by atoms with van der Waals surface area (Å²) in [6, 6.07) is 11.4. The van der Waals surface area contributed by atoms with Crippen LogP contribution in [-0.4, -0.2) is 23.7 Å². The van der Waals surface area contributed by atoms with Gasteiger partial charge in [-0.05, 0) is 36.2 Å². The largest absolute Gasteiger partial charge is 0.340 e. The van der Waals surface area contributed by atoms with Gasteiger partial charge in [0.1, 0.15) is 5.82 Å². The zero-order valence-corrected chi connectivity index (χ0v) is 13.6. The van der Waals surface area contributed by atoms with E-state index in [-0.39, 0.29) is 5.91 Å². The summed E-state index contributed by atoms with van der Waals surface area (Å²) in [7, 11) is 0. The van der Waals surface area contributed by atoms with Gasteiger partial charge in [0.15, 0.2) is 0 Å². The molecule has 0 radical (unpaired) electrons. The molecular formula is C19H20N4O. The second-order valence-electron chi connectivity index (χ2n) is 5.55. The number of carbonyl (C=O) groups excluding carboxylic acids is 1. The number of hydrogen-bond donors (Lipinski definition) is 1. The van der Waals surface area contributed by atoms with Crippen LogP contribution >= 0.6 is 0 Å². The maximum atomic E-state index is 12.7. The van der Waals surface area contributed by atoms with Gasteiger partial charge in [0.05, 0.1) is 17.8 Å². The summed E-state index contributed by atoms with van der Waals surface area (Å²) in [4.78, 5) is 23.0. The van der Waals surface area contributed by atoms with E-state index in [1.807, 2.05) is 53.7 Å². The third kappa shape index (κ3) is 3.68. The van der Waals surface area contributed by atoms with Crippen molar-refractivity contribution in [2.45, 2.75) is 19.8 Å². The molecular weight excluding hydrogens is 300 g/mol. The molecule has 2 heterocycles. The number of pyridine rings is 1. The first kappa shape index (κ1) is 15.9. The summed E-state index contributed by atoms with van der Waals surface area (Å²) in [6.45, 7) is 2.77. The van der Waals surface area contributed by atoms with Gasteiger partial charge >= 0.3 is 0 Å². The molecule has 0 saturated carbocycles. The quantitative estimate of drug-likeness (QED) is 0.915. The molecule has 1 aliphatic heterocycles. The number of aryl methyl sites for hydroxylation is 1. The number of hydrogen-bond acceptors (Lipinski definition) is 4. The van der Waals surface area contributed by atoms with E-state index in [1.165, 1.54) is 5.56 Å². The van der Waals surface area contributed by atoms with Gasteiger partial charge in [0, 0.05) is 24.8 Å². The predicted octanol–water partition coefficient (Wildman–Crippen LogP) is 3.65. The van der Waals surface area contributed by atoms with Crippen molar-refractivity contribution in [1.29, 1.82) is 0 Å². The molecule has 0 fully saturated rings. The zero-order valence-electron chi connectivity index (χ0n) is 13.6. The van der Waals surface area contributed by atoms with Gasteiger partial charge in [0.25, 0.3) is 5.91 Å². The number of aliphatic imine (C=N–C) groups is 1. The normalized spacial score (nSPS) is 13.1. The fourth-order valence-electron chi connectivity index (χ4n) is 2.64. The Hall–Kier alpha value is -2.95. The van der Waals surface area contributed by atoms with Crippen molar-refractivity contribution < 1.29 is 4.79 Å². The molecule has 1 aromatic heterocycles. The Morgan fingerprint density at radius 1 is 1.29 bits per heavy atom. The van der Waals surface area contributed by atoms with Crippen molar-refractivity contribution >= 4 is 23.6 Å². The van der Waals surface area contributed by atoms with Crippen molar-refractivity contribution in [1.82, 2.24) is 4.98 Å². The number of anilines is 2. The molecule has 0 saturated heterocycles. The molecule has 0 bridgehead atoms. The van der Waals surface area contributed by atoms with Crippen molar-refractivity contribution in [3.05, 3.63) is 66.1 Å². The molecule has 0 unspecified atom stereocenters. The highest BCUT2D eigenvalue weighted by Crippen LogP contribution is 2.22. The number of para-hydroxylation sites is 1. The van der Waals surface area contributed by atoms with E-state index >= 15 is 0 Å².